The van der Waals surface area contributed by atoms with E-state index in [1.54, 1.807) is 36.4 Å². The number of amides is 2. The fourth-order valence-electron chi connectivity index (χ4n) is 2.02. The highest BCUT2D eigenvalue weighted by atomic mass is 16.3. The normalized spacial score (nSPS) is 11.5. The fraction of sp³-hybridized carbons (Fsp3) is 0.125. The highest BCUT2D eigenvalue weighted by Crippen LogP contribution is 2.22. The molecule has 6 heteroatoms. The van der Waals surface area contributed by atoms with Crippen LogP contribution in [-0.2, 0) is 9.59 Å². The van der Waals surface area contributed by atoms with Crippen molar-refractivity contribution in [2.45, 2.75) is 6.04 Å². The number of anilines is 2. The van der Waals surface area contributed by atoms with Gasteiger partial charge in [-0.25, -0.2) is 0 Å². The molecule has 2 aromatic rings. The standard InChI is InChI=1S/C16H17N3O3/c17-16(22)15(11-5-2-1-3-6-11)19-13-8-4-7-12(9-13)18-14(21)10-20/h1-9,15,19-20H,10H2,(H2,17,22)(H,18,21). The van der Waals surface area contributed by atoms with Crippen LogP contribution in [0.5, 0.6) is 0 Å². The second-order valence-corrected chi connectivity index (χ2v) is 4.68. The van der Waals surface area contributed by atoms with E-state index < -0.39 is 24.5 Å². The first-order valence-electron chi connectivity index (χ1n) is 6.71. The molecule has 22 heavy (non-hydrogen) atoms. The van der Waals surface area contributed by atoms with Crippen molar-refractivity contribution in [1.29, 1.82) is 0 Å². The van der Waals surface area contributed by atoms with Gasteiger partial charge in [-0.1, -0.05) is 36.4 Å². The van der Waals surface area contributed by atoms with Crippen LogP contribution in [0.1, 0.15) is 11.6 Å². The summed E-state index contributed by atoms with van der Waals surface area (Å²) in [5.41, 5.74) is 7.34. The van der Waals surface area contributed by atoms with Crippen molar-refractivity contribution in [1.82, 2.24) is 0 Å². The number of nitrogens with two attached hydrogens (primary N) is 1. The maximum absolute atomic E-state index is 11.7. The predicted octanol–water partition coefficient (Wildman–Crippen LogP) is 1.26. The number of benzene rings is 2. The van der Waals surface area contributed by atoms with Gasteiger partial charge in [-0.15, -0.1) is 0 Å². The lowest BCUT2D eigenvalue weighted by molar-refractivity contribution is -0.119. The van der Waals surface area contributed by atoms with E-state index in [0.717, 1.165) is 5.56 Å². The van der Waals surface area contributed by atoms with Crippen molar-refractivity contribution in [2.24, 2.45) is 5.73 Å². The summed E-state index contributed by atoms with van der Waals surface area (Å²) in [6.45, 7) is -0.592. The van der Waals surface area contributed by atoms with Gasteiger partial charge >= 0.3 is 0 Å². The maximum atomic E-state index is 11.7. The number of hydrogen-bond donors (Lipinski definition) is 4. The molecule has 0 aliphatic carbocycles. The van der Waals surface area contributed by atoms with Crippen LogP contribution >= 0.6 is 0 Å². The van der Waals surface area contributed by atoms with Crippen molar-refractivity contribution >= 4 is 23.2 Å². The summed E-state index contributed by atoms with van der Waals surface area (Å²) in [5, 5.41) is 14.3. The largest absolute Gasteiger partial charge is 0.387 e. The minimum absolute atomic E-state index is 0.504. The summed E-state index contributed by atoms with van der Waals surface area (Å²) in [6, 6.07) is 15.3. The molecule has 2 amide bonds. The van der Waals surface area contributed by atoms with Gasteiger partial charge in [0.15, 0.2) is 0 Å². The minimum atomic E-state index is -0.676. The third-order valence-electron chi connectivity index (χ3n) is 3.02. The van der Waals surface area contributed by atoms with E-state index >= 15 is 0 Å². The fourth-order valence-corrected chi connectivity index (χ4v) is 2.02. The Hall–Kier alpha value is -2.86. The molecule has 0 fully saturated rings. The van der Waals surface area contributed by atoms with Crippen LogP contribution in [0.15, 0.2) is 54.6 Å². The van der Waals surface area contributed by atoms with E-state index in [4.69, 9.17) is 10.8 Å². The molecular formula is C16H17N3O3. The summed E-state index contributed by atoms with van der Waals surface area (Å²) in [4.78, 5) is 22.9. The lowest BCUT2D eigenvalue weighted by Gasteiger charge is -2.17. The van der Waals surface area contributed by atoms with Gasteiger partial charge in [-0.2, -0.15) is 0 Å². The Morgan fingerprint density at radius 3 is 2.36 bits per heavy atom. The summed E-state index contributed by atoms with van der Waals surface area (Å²) in [7, 11) is 0. The Morgan fingerprint density at radius 1 is 1.05 bits per heavy atom. The van der Waals surface area contributed by atoms with Crippen LogP contribution in [0, 0.1) is 0 Å². The van der Waals surface area contributed by atoms with Crippen LogP contribution in [0.25, 0.3) is 0 Å². The number of aliphatic hydroxyl groups is 1. The van der Waals surface area contributed by atoms with E-state index in [-0.39, 0.29) is 0 Å². The zero-order valence-corrected chi connectivity index (χ0v) is 11.8. The first-order valence-corrected chi connectivity index (χ1v) is 6.71. The third-order valence-corrected chi connectivity index (χ3v) is 3.02. The molecule has 0 saturated carbocycles. The molecular weight excluding hydrogens is 282 g/mol. The summed E-state index contributed by atoms with van der Waals surface area (Å²) >= 11 is 0. The molecule has 0 aliphatic rings. The highest BCUT2D eigenvalue weighted by molar-refractivity contribution is 5.92. The summed E-state index contributed by atoms with van der Waals surface area (Å²) < 4.78 is 0. The van der Waals surface area contributed by atoms with Crippen LogP contribution < -0.4 is 16.4 Å². The number of carbonyl (C=O) groups is 2. The Kier molecular flexibility index (Phi) is 5.11. The minimum Gasteiger partial charge on any atom is -0.387 e. The molecule has 0 saturated heterocycles. The molecule has 0 aromatic heterocycles. The van der Waals surface area contributed by atoms with Gasteiger partial charge in [-0.3, -0.25) is 9.59 Å². The molecule has 5 N–H and O–H groups in total. The van der Waals surface area contributed by atoms with Gasteiger partial charge in [0.25, 0.3) is 0 Å². The average Bonchev–Trinajstić information content (AvgIpc) is 2.53. The van der Waals surface area contributed by atoms with Gasteiger partial charge in [0, 0.05) is 11.4 Å². The van der Waals surface area contributed by atoms with Crippen LogP contribution in [0.3, 0.4) is 0 Å². The van der Waals surface area contributed by atoms with Gasteiger partial charge in [0.2, 0.25) is 11.8 Å². The first-order chi connectivity index (χ1) is 10.6. The maximum Gasteiger partial charge on any atom is 0.250 e. The number of nitrogens with one attached hydrogen (secondary N) is 2. The Bertz CT molecular complexity index is 659. The van der Waals surface area contributed by atoms with Gasteiger partial charge in [0.1, 0.15) is 12.6 Å². The Balaban J connectivity index is 2.19. The first kappa shape index (κ1) is 15.5. The van der Waals surface area contributed by atoms with Crippen molar-refractivity contribution < 1.29 is 14.7 Å². The molecule has 0 spiro atoms. The molecule has 0 radical (unpaired) electrons. The topological polar surface area (TPSA) is 104 Å². The summed E-state index contributed by atoms with van der Waals surface area (Å²) in [6.07, 6.45) is 0. The second kappa shape index (κ2) is 7.24. The lowest BCUT2D eigenvalue weighted by Crippen LogP contribution is -2.27. The zero-order chi connectivity index (χ0) is 15.9. The Labute approximate surface area is 128 Å². The van der Waals surface area contributed by atoms with Crippen LogP contribution in [0.2, 0.25) is 0 Å². The van der Waals surface area contributed by atoms with Crippen molar-refractivity contribution in [3.05, 3.63) is 60.2 Å². The van der Waals surface area contributed by atoms with Crippen molar-refractivity contribution in [3.8, 4) is 0 Å². The zero-order valence-electron chi connectivity index (χ0n) is 11.8. The molecule has 0 heterocycles. The third kappa shape index (κ3) is 4.07. The molecule has 2 aromatic carbocycles. The monoisotopic (exact) mass is 299 g/mol. The molecule has 0 bridgehead atoms. The van der Waals surface area contributed by atoms with E-state index in [2.05, 4.69) is 10.6 Å². The number of aliphatic hydroxyl groups excluding tert-OH is 1. The van der Waals surface area contributed by atoms with E-state index in [1.807, 2.05) is 18.2 Å². The average molecular weight is 299 g/mol. The quantitative estimate of drug-likeness (QED) is 0.644. The molecule has 0 aliphatic heterocycles. The number of hydrogen-bond acceptors (Lipinski definition) is 4. The van der Waals surface area contributed by atoms with E-state index in [9.17, 15) is 9.59 Å². The molecule has 2 rings (SSSR count). The van der Waals surface area contributed by atoms with Crippen LogP contribution in [0.4, 0.5) is 11.4 Å². The second-order valence-electron chi connectivity index (χ2n) is 4.68. The smallest absolute Gasteiger partial charge is 0.250 e. The summed E-state index contributed by atoms with van der Waals surface area (Å²) in [5.74, 6) is -1.01. The van der Waals surface area contributed by atoms with Crippen LogP contribution in [-0.4, -0.2) is 23.5 Å². The van der Waals surface area contributed by atoms with Gasteiger partial charge in [-0.05, 0) is 23.8 Å². The Morgan fingerprint density at radius 2 is 1.73 bits per heavy atom. The van der Waals surface area contributed by atoms with E-state index in [0.29, 0.717) is 11.4 Å². The molecule has 1 unspecified atom stereocenters. The SMILES string of the molecule is NC(=O)C(Nc1cccc(NC(=O)CO)c1)c1ccccc1. The molecule has 1 atom stereocenters. The number of primary amides is 1. The number of rotatable bonds is 6. The molecule has 114 valence electrons. The van der Waals surface area contributed by atoms with Crippen molar-refractivity contribution in [2.75, 3.05) is 17.2 Å². The lowest BCUT2D eigenvalue weighted by atomic mass is 10.1. The van der Waals surface area contributed by atoms with Crippen molar-refractivity contribution in [3.63, 3.8) is 0 Å². The molecule has 6 nitrogen and oxygen atoms in total. The number of carbonyl (C=O) groups excluding carboxylic acids is 2. The highest BCUT2D eigenvalue weighted by Gasteiger charge is 2.17. The van der Waals surface area contributed by atoms with Gasteiger partial charge < -0.3 is 21.5 Å². The predicted molar refractivity (Wildman–Crippen MR) is 84.2 cm³/mol. The van der Waals surface area contributed by atoms with E-state index in [1.165, 1.54) is 0 Å². The van der Waals surface area contributed by atoms with Gasteiger partial charge in [0.05, 0.1) is 0 Å².